The van der Waals surface area contributed by atoms with Gasteiger partial charge in [-0.25, -0.2) is 9.37 Å². The lowest BCUT2D eigenvalue weighted by Crippen LogP contribution is -2.15. The molecular weight excluding hydrogens is 339 g/mol. The Morgan fingerprint density at radius 2 is 1.85 bits per heavy atom. The molecule has 0 atom stereocenters. The van der Waals surface area contributed by atoms with Crippen LogP contribution in [0.3, 0.4) is 0 Å². The number of nitrogens with one attached hydrogen (secondary N) is 1. The number of rotatable bonds is 7. The molecule has 0 fully saturated rings. The molecule has 0 saturated carbocycles. The zero-order valence-electron chi connectivity index (χ0n) is 13.9. The average molecular weight is 356 g/mol. The van der Waals surface area contributed by atoms with Crippen LogP contribution in [0.25, 0.3) is 10.9 Å². The first kappa shape index (κ1) is 17.6. The van der Waals surface area contributed by atoms with Crippen LogP contribution < -0.4 is 10.3 Å². The van der Waals surface area contributed by atoms with Gasteiger partial charge in [-0.2, -0.15) is 0 Å². The fourth-order valence-electron chi connectivity index (χ4n) is 2.39. The standard InChI is InChI=1S/C19H17FN2O4/c20-13-5-7-14(8-6-13)25-11-12-26-18(23)10-9-17-21-16-4-2-1-3-15(16)19(24)22-17/h1-8H,9-12H2,(H,21,22,24). The van der Waals surface area contributed by atoms with E-state index in [1.54, 1.807) is 24.3 Å². The van der Waals surface area contributed by atoms with Crippen LogP contribution in [-0.4, -0.2) is 29.2 Å². The van der Waals surface area contributed by atoms with E-state index >= 15 is 0 Å². The molecule has 0 spiro atoms. The van der Waals surface area contributed by atoms with Crippen molar-refractivity contribution in [2.45, 2.75) is 12.8 Å². The lowest BCUT2D eigenvalue weighted by atomic mass is 10.2. The van der Waals surface area contributed by atoms with Crippen LogP contribution in [0, 0.1) is 5.82 Å². The molecule has 3 aromatic rings. The van der Waals surface area contributed by atoms with Crippen LogP contribution in [0.5, 0.6) is 5.75 Å². The van der Waals surface area contributed by atoms with E-state index in [1.165, 1.54) is 24.3 Å². The Kier molecular flexibility index (Phi) is 5.58. The maximum absolute atomic E-state index is 12.8. The molecule has 134 valence electrons. The van der Waals surface area contributed by atoms with Crippen LogP contribution in [0.1, 0.15) is 12.2 Å². The average Bonchev–Trinajstić information content (AvgIpc) is 2.65. The summed E-state index contributed by atoms with van der Waals surface area (Å²) in [5.74, 6) is 0.182. The number of esters is 1. The van der Waals surface area contributed by atoms with Gasteiger partial charge in [0.05, 0.1) is 17.3 Å². The van der Waals surface area contributed by atoms with E-state index in [1.807, 2.05) is 0 Å². The van der Waals surface area contributed by atoms with Crippen LogP contribution in [0.2, 0.25) is 0 Å². The zero-order valence-corrected chi connectivity index (χ0v) is 13.9. The first-order valence-electron chi connectivity index (χ1n) is 8.14. The van der Waals surface area contributed by atoms with E-state index in [0.29, 0.717) is 22.5 Å². The number of carbonyl (C=O) groups is 1. The molecule has 0 saturated heterocycles. The van der Waals surface area contributed by atoms with E-state index in [0.717, 1.165) is 0 Å². The van der Waals surface area contributed by atoms with Crippen molar-refractivity contribution < 1.29 is 18.7 Å². The van der Waals surface area contributed by atoms with E-state index in [4.69, 9.17) is 9.47 Å². The van der Waals surface area contributed by atoms with Gasteiger partial charge in [-0.1, -0.05) is 12.1 Å². The number of H-pyrrole nitrogens is 1. The molecule has 3 rings (SSSR count). The van der Waals surface area contributed by atoms with Gasteiger partial charge in [0, 0.05) is 6.42 Å². The number of nitrogens with zero attached hydrogens (tertiary/aromatic N) is 1. The van der Waals surface area contributed by atoms with Gasteiger partial charge in [0.25, 0.3) is 5.56 Å². The van der Waals surface area contributed by atoms with Crippen molar-refractivity contribution in [3.63, 3.8) is 0 Å². The van der Waals surface area contributed by atoms with Crippen molar-refractivity contribution in [2.24, 2.45) is 0 Å². The number of hydrogen-bond donors (Lipinski definition) is 1. The Balaban J connectivity index is 1.44. The normalized spacial score (nSPS) is 10.7. The maximum Gasteiger partial charge on any atom is 0.306 e. The highest BCUT2D eigenvalue weighted by atomic mass is 19.1. The fraction of sp³-hybridized carbons (Fsp3) is 0.211. The van der Waals surface area contributed by atoms with Crippen molar-refractivity contribution in [3.05, 3.63) is 70.5 Å². The van der Waals surface area contributed by atoms with E-state index < -0.39 is 5.97 Å². The second-order valence-corrected chi connectivity index (χ2v) is 5.55. The molecule has 0 aliphatic heterocycles. The molecule has 26 heavy (non-hydrogen) atoms. The van der Waals surface area contributed by atoms with Gasteiger partial charge in [0.2, 0.25) is 0 Å². The van der Waals surface area contributed by atoms with Gasteiger partial charge in [-0.3, -0.25) is 9.59 Å². The summed E-state index contributed by atoms with van der Waals surface area (Å²) in [6, 6.07) is 12.6. The number of aromatic amines is 1. The number of ether oxygens (including phenoxy) is 2. The molecule has 0 amide bonds. The highest BCUT2D eigenvalue weighted by Crippen LogP contribution is 2.11. The fourth-order valence-corrected chi connectivity index (χ4v) is 2.39. The van der Waals surface area contributed by atoms with Crippen LogP contribution in [0.4, 0.5) is 4.39 Å². The number of carbonyl (C=O) groups excluding carboxylic acids is 1. The zero-order chi connectivity index (χ0) is 18.4. The summed E-state index contributed by atoms with van der Waals surface area (Å²) in [6.45, 7) is 0.250. The first-order valence-corrected chi connectivity index (χ1v) is 8.14. The van der Waals surface area contributed by atoms with Gasteiger partial charge >= 0.3 is 5.97 Å². The molecule has 6 nitrogen and oxygen atoms in total. The lowest BCUT2D eigenvalue weighted by Gasteiger charge is -2.07. The van der Waals surface area contributed by atoms with Gasteiger partial charge in [0.15, 0.2) is 0 Å². The van der Waals surface area contributed by atoms with E-state index in [2.05, 4.69) is 9.97 Å². The number of fused-ring (bicyclic) bond motifs is 1. The second-order valence-electron chi connectivity index (χ2n) is 5.55. The largest absolute Gasteiger partial charge is 0.490 e. The number of aromatic nitrogens is 2. The van der Waals surface area contributed by atoms with Crippen molar-refractivity contribution >= 4 is 16.9 Å². The Bertz CT molecular complexity index is 954. The molecule has 1 aromatic heterocycles. The monoisotopic (exact) mass is 356 g/mol. The molecule has 0 aliphatic rings. The summed E-state index contributed by atoms with van der Waals surface area (Å²) in [4.78, 5) is 30.7. The molecule has 0 aliphatic carbocycles. The molecule has 7 heteroatoms. The Morgan fingerprint density at radius 3 is 2.65 bits per heavy atom. The van der Waals surface area contributed by atoms with Crippen molar-refractivity contribution in [3.8, 4) is 5.75 Å². The highest BCUT2D eigenvalue weighted by molar-refractivity contribution is 5.77. The molecule has 2 aromatic carbocycles. The topological polar surface area (TPSA) is 81.3 Å². The maximum atomic E-state index is 12.8. The summed E-state index contributed by atoms with van der Waals surface area (Å²) in [7, 11) is 0. The molecule has 0 bridgehead atoms. The summed E-state index contributed by atoms with van der Waals surface area (Å²) < 4.78 is 23.2. The van der Waals surface area contributed by atoms with Crippen LogP contribution in [-0.2, 0) is 16.0 Å². The summed E-state index contributed by atoms with van der Waals surface area (Å²) in [6.07, 6.45) is 0.371. The molecule has 1 N–H and O–H groups in total. The number of aryl methyl sites for hydroxylation is 1. The van der Waals surface area contributed by atoms with E-state index in [-0.39, 0.29) is 37.4 Å². The minimum Gasteiger partial charge on any atom is -0.490 e. The SMILES string of the molecule is O=C(CCc1nc2ccccc2c(=O)[nH]1)OCCOc1ccc(F)cc1. The Morgan fingerprint density at radius 1 is 1.08 bits per heavy atom. The second kappa shape index (κ2) is 8.24. The molecule has 1 heterocycles. The number of halogens is 1. The minimum atomic E-state index is -0.413. The van der Waals surface area contributed by atoms with E-state index in [9.17, 15) is 14.0 Å². The predicted molar refractivity (Wildman–Crippen MR) is 93.5 cm³/mol. The van der Waals surface area contributed by atoms with Crippen molar-refractivity contribution in [1.29, 1.82) is 0 Å². The number of hydrogen-bond acceptors (Lipinski definition) is 5. The quantitative estimate of drug-likeness (QED) is 0.520. The minimum absolute atomic E-state index is 0.0812. The molecule has 0 radical (unpaired) electrons. The molecule has 0 unspecified atom stereocenters. The Labute approximate surface area is 148 Å². The van der Waals surface area contributed by atoms with Crippen LogP contribution in [0.15, 0.2) is 53.3 Å². The number of para-hydroxylation sites is 1. The predicted octanol–water partition coefficient (Wildman–Crippen LogP) is 2.62. The third-order valence-electron chi connectivity index (χ3n) is 3.66. The third kappa shape index (κ3) is 4.66. The third-order valence-corrected chi connectivity index (χ3v) is 3.66. The Hall–Kier alpha value is -3.22. The summed E-state index contributed by atoms with van der Waals surface area (Å²) in [5.41, 5.74) is 0.360. The van der Waals surface area contributed by atoms with Crippen molar-refractivity contribution in [1.82, 2.24) is 9.97 Å². The van der Waals surface area contributed by atoms with Crippen molar-refractivity contribution in [2.75, 3.05) is 13.2 Å². The van der Waals surface area contributed by atoms with Crippen LogP contribution >= 0.6 is 0 Å². The smallest absolute Gasteiger partial charge is 0.306 e. The van der Waals surface area contributed by atoms with Gasteiger partial charge in [0.1, 0.15) is 30.6 Å². The van der Waals surface area contributed by atoms with Gasteiger partial charge in [-0.05, 0) is 36.4 Å². The molecular formula is C19H17FN2O4. The lowest BCUT2D eigenvalue weighted by molar-refractivity contribution is -0.144. The van der Waals surface area contributed by atoms with Gasteiger partial charge in [-0.15, -0.1) is 0 Å². The summed E-state index contributed by atoms with van der Waals surface area (Å²) in [5, 5.41) is 0.511. The number of benzene rings is 2. The summed E-state index contributed by atoms with van der Waals surface area (Å²) >= 11 is 0. The first-order chi connectivity index (χ1) is 12.6. The highest BCUT2D eigenvalue weighted by Gasteiger charge is 2.08. The van der Waals surface area contributed by atoms with Gasteiger partial charge < -0.3 is 14.5 Å².